The molecule has 0 unspecified atom stereocenters. The second-order valence-corrected chi connectivity index (χ2v) is 3.36. The van der Waals surface area contributed by atoms with Gasteiger partial charge in [-0.2, -0.15) is 17.9 Å². The van der Waals surface area contributed by atoms with Crippen molar-refractivity contribution in [1.29, 1.82) is 5.26 Å². The van der Waals surface area contributed by atoms with Crippen LogP contribution in [0.2, 0.25) is 0 Å². The van der Waals surface area contributed by atoms with E-state index >= 15 is 0 Å². The third-order valence-electron chi connectivity index (χ3n) is 1.80. The quantitative estimate of drug-likeness (QED) is 0.600. The average molecular weight is 219 g/mol. The number of thiol groups is 1. The predicted molar refractivity (Wildman–Crippen MR) is 61.1 cm³/mol. The van der Waals surface area contributed by atoms with Crippen molar-refractivity contribution in [3.63, 3.8) is 0 Å². The van der Waals surface area contributed by atoms with Crippen molar-refractivity contribution in [3.8, 4) is 17.9 Å². The molecule has 15 heavy (non-hydrogen) atoms. The molecule has 1 nitrogen and oxygen atoms in total. The minimum absolute atomic E-state index is 0.255. The molecule has 0 bridgehead atoms. The van der Waals surface area contributed by atoms with E-state index in [9.17, 15) is 4.39 Å². The molecule has 1 aromatic rings. The van der Waals surface area contributed by atoms with Gasteiger partial charge >= 0.3 is 0 Å². The first-order valence-corrected chi connectivity index (χ1v) is 5.16. The van der Waals surface area contributed by atoms with Gasteiger partial charge in [0.15, 0.2) is 0 Å². The lowest BCUT2D eigenvalue weighted by molar-refractivity contribution is 0.627. The van der Waals surface area contributed by atoms with Gasteiger partial charge < -0.3 is 0 Å². The molecule has 0 aliphatic rings. The van der Waals surface area contributed by atoms with Crippen LogP contribution in [0.1, 0.15) is 17.5 Å². The zero-order valence-corrected chi connectivity index (χ0v) is 9.02. The zero-order valence-electron chi connectivity index (χ0n) is 8.13. The lowest BCUT2D eigenvalue weighted by atomic mass is 10.1. The van der Waals surface area contributed by atoms with Crippen LogP contribution in [-0.2, 0) is 6.42 Å². The number of nitrogens with zero attached hydrogens (tertiary/aromatic N) is 1. The highest BCUT2D eigenvalue weighted by atomic mass is 32.1. The monoisotopic (exact) mass is 219 g/mol. The Morgan fingerprint density at radius 2 is 2.20 bits per heavy atom. The summed E-state index contributed by atoms with van der Waals surface area (Å²) >= 11 is 4.03. The van der Waals surface area contributed by atoms with E-state index in [0.29, 0.717) is 17.7 Å². The number of nitriles is 1. The Hall–Kier alpha value is -1.45. The van der Waals surface area contributed by atoms with E-state index in [4.69, 9.17) is 5.26 Å². The standard InChI is InChI=1S/C12H10FNS/c13-12-5-4-10(6-7-14)11(9-12)3-1-2-8-15/h4-5,9,15H,2,6,8H2. The summed E-state index contributed by atoms with van der Waals surface area (Å²) in [5.74, 6) is 6.07. The fourth-order valence-corrected chi connectivity index (χ4v) is 1.23. The van der Waals surface area contributed by atoms with Crippen LogP contribution < -0.4 is 0 Å². The van der Waals surface area contributed by atoms with E-state index in [1.165, 1.54) is 12.1 Å². The summed E-state index contributed by atoms with van der Waals surface area (Å²) in [7, 11) is 0. The smallest absolute Gasteiger partial charge is 0.124 e. The van der Waals surface area contributed by atoms with Gasteiger partial charge in [-0.1, -0.05) is 17.9 Å². The van der Waals surface area contributed by atoms with Gasteiger partial charge in [0.2, 0.25) is 0 Å². The number of hydrogen-bond acceptors (Lipinski definition) is 2. The van der Waals surface area contributed by atoms with Crippen LogP contribution >= 0.6 is 12.6 Å². The molecule has 1 aromatic carbocycles. The van der Waals surface area contributed by atoms with Crippen LogP contribution in [0.3, 0.4) is 0 Å². The summed E-state index contributed by atoms with van der Waals surface area (Å²) in [5.41, 5.74) is 1.36. The maximum atomic E-state index is 12.9. The molecule has 1 rings (SSSR count). The second kappa shape index (κ2) is 6.11. The van der Waals surface area contributed by atoms with Gasteiger partial charge in [-0.25, -0.2) is 4.39 Å². The summed E-state index contributed by atoms with van der Waals surface area (Å²) in [4.78, 5) is 0. The van der Waals surface area contributed by atoms with Crippen LogP contribution in [0.25, 0.3) is 0 Å². The van der Waals surface area contributed by atoms with Crippen LogP contribution in [0.4, 0.5) is 4.39 Å². The molecule has 0 fully saturated rings. The number of hydrogen-bond donors (Lipinski definition) is 1. The summed E-state index contributed by atoms with van der Waals surface area (Å²) in [6.07, 6.45) is 0.913. The van der Waals surface area contributed by atoms with E-state index in [-0.39, 0.29) is 12.2 Å². The average Bonchev–Trinajstić information content (AvgIpc) is 2.22. The lowest BCUT2D eigenvalue weighted by Gasteiger charge is -1.99. The maximum Gasteiger partial charge on any atom is 0.124 e. The van der Waals surface area contributed by atoms with E-state index in [1.807, 2.05) is 6.07 Å². The van der Waals surface area contributed by atoms with Crippen molar-refractivity contribution in [2.45, 2.75) is 12.8 Å². The zero-order chi connectivity index (χ0) is 11.1. The van der Waals surface area contributed by atoms with Gasteiger partial charge in [-0.3, -0.25) is 0 Å². The summed E-state index contributed by atoms with van der Waals surface area (Å²) in [5, 5.41) is 8.58. The molecule has 0 aliphatic carbocycles. The predicted octanol–water partition coefficient (Wildman–Crippen LogP) is 2.56. The first-order chi connectivity index (χ1) is 7.27. The molecule has 76 valence electrons. The minimum atomic E-state index is -0.327. The summed E-state index contributed by atoms with van der Waals surface area (Å²) < 4.78 is 12.9. The molecule has 0 saturated heterocycles. The van der Waals surface area contributed by atoms with Crippen molar-refractivity contribution in [1.82, 2.24) is 0 Å². The Labute approximate surface area is 94.3 Å². The Morgan fingerprint density at radius 1 is 1.40 bits per heavy atom. The van der Waals surface area contributed by atoms with Crippen molar-refractivity contribution in [3.05, 3.63) is 35.1 Å². The molecule has 0 spiro atoms. The van der Waals surface area contributed by atoms with Gasteiger partial charge in [0, 0.05) is 17.7 Å². The highest BCUT2D eigenvalue weighted by Crippen LogP contribution is 2.10. The lowest BCUT2D eigenvalue weighted by Crippen LogP contribution is -1.90. The van der Waals surface area contributed by atoms with Gasteiger partial charge in [0.05, 0.1) is 12.5 Å². The van der Waals surface area contributed by atoms with E-state index in [1.54, 1.807) is 6.07 Å². The molecule has 0 heterocycles. The van der Waals surface area contributed by atoms with Crippen molar-refractivity contribution >= 4 is 12.6 Å². The third kappa shape index (κ3) is 3.65. The molecule has 3 heteroatoms. The Bertz CT molecular complexity index is 437. The molecule has 0 aromatic heterocycles. The van der Waals surface area contributed by atoms with E-state index in [2.05, 4.69) is 24.5 Å². The van der Waals surface area contributed by atoms with Crippen molar-refractivity contribution < 1.29 is 4.39 Å². The van der Waals surface area contributed by atoms with Gasteiger partial charge in [0.1, 0.15) is 5.82 Å². The van der Waals surface area contributed by atoms with E-state index < -0.39 is 0 Å². The summed E-state index contributed by atoms with van der Waals surface area (Å²) in [6.45, 7) is 0. The molecule has 0 aliphatic heterocycles. The fraction of sp³-hybridized carbons (Fsp3) is 0.250. The molecule has 0 radical (unpaired) electrons. The van der Waals surface area contributed by atoms with Gasteiger partial charge in [0.25, 0.3) is 0 Å². The number of rotatable bonds is 2. The first-order valence-electron chi connectivity index (χ1n) is 4.53. The first kappa shape index (κ1) is 11.6. The minimum Gasteiger partial charge on any atom is -0.207 e. The Kier molecular flexibility index (Phi) is 4.74. The van der Waals surface area contributed by atoms with Crippen molar-refractivity contribution in [2.24, 2.45) is 0 Å². The van der Waals surface area contributed by atoms with Crippen LogP contribution in [0.5, 0.6) is 0 Å². The van der Waals surface area contributed by atoms with Crippen LogP contribution in [0, 0.1) is 29.0 Å². The Morgan fingerprint density at radius 3 is 2.87 bits per heavy atom. The molecule has 0 saturated carbocycles. The largest absolute Gasteiger partial charge is 0.207 e. The second-order valence-electron chi connectivity index (χ2n) is 2.91. The molecule has 0 N–H and O–H groups in total. The maximum absolute atomic E-state index is 12.9. The molecular weight excluding hydrogens is 209 g/mol. The SMILES string of the molecule is N#CCc1ccc(F)cc1C#CCCS. The third-order valence-corrected chi connectivity index (χ3v) is 2.02. The van der Waals surface area contributed by atoms with Gasteiger partial charge in [-0.05, 0) is 17.7 Å². The highest BCUT2D eigenvalue weighted by Gasteiger charge is 2.00. The summed E-state index contributed by atoms with van der Waals surface area (Å²) in [6, 6.07) is 6.33. The molecular formula is C12H10FNS. The molecule has 0 amide bonds. The Balaban J connectivity index is 2.99. The van der Waals surface area contributed by atoms with Gasteiger partial charge in [-0.15, -0.1) is 0 Å². The number of halogens is 1. The highest BCUT2D eigenvalue weighted by molar-refractivity contribution is 7.80. The van der Waals surface area contributed by atoms with Crippen LogP contribution in [-0.4, -0.2) is 5.75 Å². The molecule has 0 atom stereocenters. The van der Waals surface area contributed by atoms with Crippen LogP contribution in [0.15, 0.2) is 18.2 Å². The fourth-order valence-electron chi connectivity index (χ4n) is 1.12. The van der Waals surface area contributed by atoms with E-state index in [0.717, 1.165) is 5.56 Å². The normalized spacial score (nSPS) is 8.87. The van der Waals surface area contributed by atoms with Crippen molar-refractivity contribution in [2.75, 3.05) is 5.75 Å². The topological polar surface area (TPSA) is 23.8 Å². The number of benzene rings is 1.